The average molecular weight is 320 g/mol. The van der Waals surface area contributed by atoms with Gasteiger partial charge < -0.3 is 9.67 Å². The van der Waals surface area contributed by atoms with E-state index in [1.807, 2.05) is 20.1 Å². The quantitative estimate of drug-likeness (QED) is 0.728. The van der Waals surface area contributed by atoms with Crippen LogP contribution in [0.15, 0.2) is 17.2 Å². The molecule has 7 heteroatoms. The first-order valence-electron chi connectivity index (χ1n) is 6.75. The smallest absolute Gasteiger partial charge is 0.242 e. The van der Waals surface area contributed by atoms with Crippen LogP contribution >= 0.6 is 11.8 Å². The van der Waals surface area contributed by atoms with E-state index < -0.39 is 10.0 Å². The monoisotopic (exact) mass is 320 g/mol. The minimum atomic E-state index is -3.51. The van der Waals surface area contributed by atoms with E-state index >= 15 is 0 Å². The highest BCUT2D eigenvalue weighted by Crippen LogP contribution is 2.16. The van der Waals surface area contributed by atoms with Gasteiger partial charge in [0.1, 0.15) is 0 Å². The number of sulfonamides is 1. The van der Waals surface area contributed by atoms with Gasteiger partial charge in [0.2, 0.25) is 10.0 Å². The van der Waals surface area contributed by atoms with Crippen LogP contribution in [0.1, 0.15) is 32.4 Å². The summed E-state index contributed by atoms with van der Waals surface area (Å²) in [5.74, 6) is 0.919. The van der Waals surface area contributed by atoms with Crippen molar-refractivity contribution in [2.75, 3.05) is 12.0 Å². The molecule has 0 spiro atoms. The molecule has 1 atom stereocenters. The lowest BCUT2D eigenvalue weighted by Crippen LogP contribution is -2.32. The Labute approximate surface area is 125 Å². The minimum Gasteiger partial charge on any atom is -0.390 e. The van der Waals surface area contributed by atoms with Crippen molar-refractivity contribution in [2.24, 2.45) is 0 Å². The standard InChI is InChI=1S/C13H24N2O3S2/c1-4-6-15-9-13(8-12(15)10-16)20(17,18)14-11(2)5-7-19-3/h8-9,11,14,16H,4-7,10H2,1-3H3. The Balaban J connectivity index is 2.86. The number of aryl methyl sites for hydroxylation is 1. The van der Waals surface area contributed by atoms with Crippen molar-refractivity contribution < 1.29 is 13.5 Å². The molecule has 2 N–H and O–H groups in total. The normalized spacial score (nSPS) is 13.6. The van der Waals surface area contributed by atoms with Crippen LogP contribution in [-0.4, -0.2) is 36.1 Å². The fourth-order valence-electron chi connectivity index (χ4n) is 1.94. The van der Waals surface area contributed by atoms with Crippen molar-refractivity contribution in [2.45, 2.75) is 50.8 Å². The predicted octanol–water partition coefficient (Wildman–Crippen LogP) is 1.81. The molecular formula is C13H24N2O3S2. The molecule has 0 amide bonds. The van der Waals surface area contributed by atoms with Crippen LogP contribution in [0.2, 0.25) is 0 Å². The molecule has 0 aromatic carbocycles. The number of rotatable bonds is 9. The molecule has 0 saturated heterocycles. The van der Waals surface area contributed by atoms with Gasteiger partial charge in [0.05, 0.1) is 11.5 Å². The van der Waals surface area contributed by atoms with Crippen molar-refractivity contribution >= 4 is 21.8 Å². The number of aromatic nitrogens is 1. The summed E-state index contributed by atoms with van der Waals surface area (Å²) in [7, 11) is -3.51. The van der Waals surface area contributed by atoms with Crippen molar-refractivity contribution in [1.29, 1.82) is 0 Å². The zero-order valence-electron chi connectivity index (χ0n) is 12.3. The fourth-order valence-corrected chi connectivity index (χ4v) is 3.87. The average Bonchev–Trinajstić information content (AvgIpc) is 2.80. The third-order valence-electron chi connectivity index (χ3n) is 3.01. The lowest BCUT2D eigenvalue weighted by atomic mass is 10.3. The van der Waals surface area contributed by atoms with Crippen molar-refractivity contribution in [3.05, 3.63) is 18.0 Å². The predicted molar refractivity (Wildman–Crippen MR) is 83.4 cm³/mol. The SMILES string of the molecule is CCCn1cc(S(=O)(=O)NC(C)CCSC)cc1CO. The van der Waals surface area contributed by atoms with E-state index in [0.29, 0.717) is 12.2 Å². The highest BCUT2D eigenvalue weighted by Gasteiger charge is 2.20. The molecule has 1 unspecified atom stereocenters. The summed E-state index contributed by atoms with van der Waals surface area (Å²) in [6, 6.07) is 1.44. The van der Waals surface area contributed by atoms with Crippen LogP contribution < -0.4 is 4.72 Å². The van der Waals surface area contributed by atoms with E-state index in [0.717, 1.165) is 18.6 Å². The van der Waals surface area contributed by atoms with Crippen LogP contribution in [0.25, 0.3) is 0 Å². The van der Waals surface area contributed by atoms with Crippen LogP contribution in [0.3, 0.4) is 0 Å². The van der Waals surface area contributed by atoms with Gasteiger partial charge in [-0.25, -0.2) is 13.1 Å². The van der Waals surface area contributed by atoms with E-state index in [4.69, 9.17) is 0 Å². The Hall–Kier alpha value is -0.500. The molecule has 0 aliphatic heterocycles. The second-order valence-electron chi connectivity index (χ2n) is 4.82. The second-order valence-corrected chi connectivity index (χ2v) is 7.52. The van der Waals surface area contributed by atoms with Gasteiger partial charge in [0, 0.05) is 24.5 Å². The molecule has 5 nitrogen and oxygen atoms in total. The highest BCUT2D eigenvalue weighted by atomic mass is 32.2. The zero-order chi connectivity index (χ0) is 15.2. The number of thioether (sulfide) groups is 1. The van der Waals surface area contributed by atoms with Crippen LogP contribution in [-0.2, 0) is 23.2 Å². The van der Waals surface area contributed by atoms with Crippen LogP contribution in [0.4, 0.5) is 0 Å². The number of hydrogen-bond acceptors (Lipinski definition) is 4. The Kier molecular flexibility index (Phi) is 7.08. The maximum absolute atomic E-state index is 12.3. The number of hydrogen-bond donors (Lipinski definition) is 2. The van der Waals surface area contributed by atoms with Gasteiger partial charge >= 0.3 is 0 Å². The van der Waals surface area contributed by atoms with Crippen LogP contribution in [0.5, 0.6) is 0 Å². The Morgan fingerprint density at radius 2 is 2.20 bits per heavy atom. The summed E-state index contributed by atoms with van der Waals surface area (Å²) in [6.07, 6.45) is 5.28. The fraction of sp³-hybridized carbons (Fsp3) is 0.692. The molecular weight excluding hydrogens is 296 g/mol. The molecule has 1 heterocycles. The minimum absolute atomic E-state index is 0.0976. The van der Waals surface area contributed by atoms with Gasteiger partial charge in [-0.15, -0.1) is 0 Å². The van der Waals surface area contributed by atoms with E-state index in [-0.39, 0.29) is 17.5 Å². The molecule has 0 bridgehead atoms. The number of nitrogens with one attached hydrogen (secondary N) is 1. The van der Waals surface area contributed by atoms with Gasteiger partial charge in [0.25, 0.3) is 0 Å². The van der Waals surface area contributed by atoms with Crippen molar-refractivity contribution in [1.82, 2.24) is 9.29 Å². The first kappa shape index (κ1) is 17.6. The molecule has 20 heavy (non-hydrogen) atoms. The molecule has 0 fully saturated rings. The summed E-state index contributed by atoms with van der Waals surface area (Å²) < 4.78 is 29.0. The van der Waals surface area contributed by atoms with Gasteiger partial charge in [-0.3, -0.25) is 0 Å². The molecule has 1 aromatic heterocycles. The van der Waals surface area contributed by atoms with Crippen molar-refractivity contribution in [3.8, 4) is 0 Å². The van der Waals surface area contributed by atoms with Gasteiger partial charge in [0.15, 0.2) is 0 Å². The Bertz CT molecular complexity index is 512. The topological polar surface area (TPSA) is 71.3 Å². The third kappa shape index (κ3) is 4.80. The largest absolute Gasteiger partial charge is 0.390 e. The lowest BCUT2D eigenvalue weighted by molar-refractivity contribution is 0.270. The molecule has 0 radical (unpaired) electrons. The molecule has 0 aliphatic rings. The first-order chi connectivity index (χ1) is 9.44. The number of aliphatic hydroxyl groups excluding tert-OH is 1. The summed E-state index contributed by atoms with van der Waals surface area (Å²) in [6.45, 7) is 4.42. The molecule has 0 aliphatic carbocycles. The van der Waals surface area contributed by atoms with E-state index in [9.17, 15) is 13.5 Å². The first-order valence-corrected chi connectivity index (χ1v) is 9.63. The van der Waals surface area contributed by atoms with Crippen molar-refractivity contribution in [3.63, 3.8) is 0 Å². The summed E-state index contributed by atoms with van der Waals surface area (Å²) >= 11 is 1.70. The molecule has 1 rings (SSSR count). The lowest BCUT2D eigenvalue weighted by Gasteiger charge is -2.12. The summed E-state index contributed by atoms with van der Waals surface area (Å²) in [5.41, 5.74) is 0.629. The van der Waals surface area contributed by atoms with E-state index in [2.05, 4.69) is 4.72 Å². The third-order valence-corrected chi connectivity index (χ3v) is 5.21. The van der Waals surface area contributed by atoms with Crippen LogP contribution in [0, 0.1) is 0 Å². The molecule has 0 saturated carbocycles. The second kappa shape index (κ2) is 8.07. The maximum Gasteiger partial charge on any atom is 0.242 e. The number of nitrogens with zero attached hydrogens (tertiary/aromatic N) is 1. The van der Waals surface area contributed by atoms with E-state index in [1.165, 1.54) is 0 Å². The highest BCUT2D eigenvalue weighted by molar-refractivity contribution is 7.98. The van der Waals surface area contributed by atoms with Gasteiger partial charge in [-0.2, -0.15) is 11.8 Å². The molecule has 116 valence electrons. The van der Waals surface area contributed by atoms with E-state index in [1.54, 1.807) is 28.6 Å². The summed E-state index contributed by atoms with van der Waals surface area (Å²) in [4.78, 5) is 0.228. The Morgan fingerprint density at radius 1 is 1.50 bits per heavy atom. The van der Waals surface area contributed by atoms with Gasteiger partial charge in [-0.1, -0.05) is 6.92 Å². The zero-order valence-corrected chi connectivity index (χ0v) is 13.9. The maximum atomic E-state index is 12.3. The Morgan fingerprint density at radius 3 is 2.75 bits per heavy atom. The molecule has 1 aromatic rings. The van der Waals surface area contributed by atoms with Gasteiger partial charge in [-0.05, 0) is 37.8 Å². The summed E-state index contributed by atoms with van der Waals surface area (Å²) in [5, 5.41) is 9.28. The number of aliphatic hydroxyl groups is 1.